The summed E-state index contributed by atoms with van der Waals surface area (Å²) in [6, 6.07) is 13.5. The SMILES string of the molecule is COc1ccc(C(=O)C=Cc2ccc(OC)c(OC)c2)c(OC(=O)c2cccs2)c1. The van der Waals surface area contributed by atoms with Crippen LogP contribution in [-0.2, 0) is 0 Å². The second-order valence-corrected chi connectivity index (χ2v) is 6.99. The lowest BCUT2D eigenvalue weighted by atomic mass is 10.1. The summed E-state index contributed by atoms with van der Waals surface area (Å²) >= 11 is 1.26. The van der Waals surface area contributed by atoms with Gasteiger partial charge in [-0.25, -0.2) is 4.79 Å². The van der Waals surface area contributed by atoms with Gasteiger partial charge in [0.1, 0.15) is 16.4 Å². The van der Waals surface area contributed by atoms with Crippen molar-refractivity contribution in [3.63, 3.8) is 0 Å². The number of ketones is 1. The second kappa shape index (κ2) is 9.76. The highest BCUT2D eigenvalue weighted by atomic mass is 32.1. The largest absolute Gasteiger partial charge is 0.497 e. The molecular formula is C23H20O6S. The summed E-state index contributed by atoms with van der Waals surface area (Å²) in [7, 11) is 4.60. The van der Waals surface area contributed by atoms with Crippen molar-refractivity contribution in [2.75, 3.05) is 21.3 Å². The van der Waals surface area contributed by atoms with Gasteiger partial charge in [0.05, 0.1) is 26.9 Å². The quantitative estimate of drug-likeness (QED) is 0.222. The lowest BCUT2D eigenvalue weighted by Crippen LogP contribution is -2.10. The van der Waals surface area contributed by atoms with E-state index in [9.17, 15) is 9.59 Å². The maximum Gasteiger partial charge on any atom is 0.353 e. The summed E-state index contributed by atoms with van der Waals surface area (Å²) in [5.74, 6) is 0.915. The number of carbonyl (C=O) groups is 2. The average molecular weight is 424 g/mol. The minimum atomic E-state index is -0.531. The minimum Gasteiger partial charge on any atom is -0.497 e. The van der Waals surface area contributed by atoms with Gasteiger partial charge in [-0.1, -0.05) is 18.2 Å². The van der Waals surface area contributed by atoms with Crippen LogP contribution in [-0.4, -0.2) is 33.1 Å². The molecule has 154 valence electrons. The van der Waals surface area contributed by atoms with Gasteiger partial charge in [-0.3, -0.25) is 4.79 Å². The highest BCUT2D eigenvalue weighted by Gasteiger charge is 2.17. The van der Waals surface area contributed by atoms with E-state index in [-0.39, 0.29) is 17.1 Å². The van der Waals surface area contributed by atoms with E-state index in [1.807, 2.05) is 0 Å². The number of ether oxygens (including phenoxy) is 4. The maximum absolute atomic E-state index is 12.8. The zero-order valence-electron chi connectivity index (χ0n) is 16.7. The van der Waals surface area contributed by atoms with Gasteiger partial charge in [-0.15, -0.1) is 11.3 Å². The Kier molecular flexibility index (Phi) is 6.87. The standard InChI is InChI=1S/C23H20O6S/c1-26-16-8-9-17(20(14-16)29-23(25)22-5-4-12-30-22)18(24)10-6-15-7-11-19(27-2)21(13-15)28-3/h4-14H,1-3H3. The van der Waals surface area contributed by atoms with Crippen LogP contribution in [0.15, 0.2) is 60.0 Å². The van der Waals surface area contributed by atoms with Crippen molar-refractivity contribution >= 4 is 29.2 Å². The normalized spacial score (nSPS) is 10.6. The summed E-state index contributed by atoms with van der Waals surface area (Å²) in [4.78, 5) is 25.6. The monoisotopic (exact) mass is 424 g/mol. The van der Waals surface area contributed by atoms with Gasteiger partial charge < -0.3 is 18.9 Å². The van der Waals surface area contributed by atoms with Crippen LogP contribution in [0.2, 0.25) is 0 Å². The number of hydrogen-bond donors (Lipinski definition) is 0. The highest BCUT2D eigenvalue weighted by molar-refractivity contribution is 7.12. The van der Waals surface area contributed by atoms with Crippen LogP contribution in [0.4, 0.5) is 0 Å². The summed E-state index contributed by atoms with van der Waals surface area (Å²) in [6.45, 7) is 0. The van der Waals surface area contributed by atoms with E-state index in [0.717, 1.165) is 5.56 Å². The molecule has 7 heteroatoms. The van der Waals surface area contributed by atoms with Crippen LogP contribution in [0.3, 0.4) is 0 Å². The fourth-order valence-corrected chi connectivity index (χ4v) is 3.28. The molecule has 1 aromatic heterocycles. The first kappa shape index (κ1) is 21.1. The van der Waals surface area contributed by atoms with Crippen molar-refractivity contribution in [3.8, 4) is 23.0 Å². The molecule has 0 aliphatic heterocycles. The van der Waals surface area contributed by atoms with Crippen molar-refractivity contribution in [1.82, 2.24) is 0 Å². The number of benzene rings is 2. The second-order valence-electron chi connectivity index (χ2n) is 6.04. The molecule has 6 nitrogen and oxygen atoms in total. The first-order chi connectivity index (χ1) is 14.5. The summed E-state index contributed by atoms with van der Waals surface area (Å²) in [5, 5.41) is 1.78. The van der Waals surface area contributed by atoms with Gasteiger partial charge in [-0.2, -0.15) is 0 Å². The molecule has 0 atom stereocenters. The molecule has 0 amide bonds. The summed E-state index contributed by atoms with van der Waals surface area (Å²) in [5.41, 5.74) is 1.00. The van der Waals surface area contributed by atoms with Gasteiger partial charge in [0, 0.05) is 6.07 Å². The van der Waals surface area contributed by atoms with Gasteiger partial charge in [0.15, 0.2) is 17.3 Å². The molecule has 0 saturated heterocycles. The molecular weight excluding hydrogens is 404 g/mol. The Labute approximate surface area is 178 Å². The Bertz CT molecular complexity index is 1070. The third-order valence-corrected chi connectivity index (χ3v) is 5.06. The van der Waals surface area contributed by atoms with E-state index in [1.54, 1.807) is 68.1 Å². The molecule has 0 radical (unpaired) electrons. The van der Waals surface area contributed by atoms with Crippen LogP contribution < -0.4 is 18.9 Å². The Morgan fingerprint density at radius 1 is 0.867 bits per heavy atom. The molecule has 0 unspecified atom stereocenters. The lowest BCUT2D eigenvalue weighted by Gasteiger charge is -2.10. The first-order valence-corrected chi connectivity index (χ1v) is 9.82. The van der Waals surface area contributed by atoms with Crippen LogP contribution in [0.1, 0.15) is 25.6 Å². The Morgan fingerprint density at radius 3 is 2.33 bits per heavy atom. The van der Waals surface area contributed by atoms with E-state index in [4.69, 9.17) is 18.9 Å². The molecule has 0 fully saturated rings. The van der Waals surface area contributed by atoms with E-state index >= 15 is 0 Å². The molecule has 1 heterocycles. The van der Waals surface area contributed by atoms with Gasteiger partial charge in [0.2, 0.25) is 0 Å². The van der Waals surface area contributed by atoms with Crippen molar-refractivity contribution in [2.24, 2.45) is 0 Å². The molecule has 2 aromatic carbocycles. The Hall–Kier alpha value is -3.58. The van der Waals surface area contributed by atoms with Crippen LogP contribution in [0, 0.1) is 0 Å². The first-order valence-electron chi connectivity index (χ1n) is 8.94. The number of esters is 1. The predicted octanol–water partition coefficient (Wildman–Crippen LogP) is 4.89. The Morgan fingerprint density at radius 2 is 1.67 bits per heavy atom. The fourth-order valence-electron chi connectivity index (χ4n) is 2.68. The number of carbonyl (C=O) groups excluding carboxylic acids is 2. The lowest BCUT2D eigenvalue weighted by molar-refractivity contribution is 0.0738. The molecule has 0 aliphatic carbocycles. The smallest absolute Gasteiger partial charge is 0.353 e. The molecule has 0 N–H and O–H groups in total. The Balaban J connectivity index is 1.86. The number of hydrogen-bond acceptors (Lipinski definition) is 7. The van der Waals surface area contributed by atoms with Crippen LogP contribution >= 0.6 is 11.3 Å². The summed E-state index contributed by atoms with van der Waals surface area (Å²) < 4.78 is 21.2. The number of rotatable bonds is 8. The van der Waals surface area contributed by atoms with Crippen molar-refractivity contribution in [1.29, 1.82) is 0 Å². The van der Waals surface area contributed by atoms with Crippen LogP contribution in [0.5, 0.6) is 23.0 Å². The van der Waals surface area contributed by atoms with Crippen molar-refractivity contribution in [3.05, 3.63) is 76.0 Å². The predicted molar refractivity (Wildman–Crippen MR) is 115 cm³/mol. The van der Waals surface area contributed by atoms with E-state index in [0.29, 0.717) is 22.1 Å². The molecule has 3 rings (SSSR count). The fraction of sp³-hybridized carbons (Fsp3) is 0.130. The third-order valence-electron chi connectivity index (χ3n) is 4.21. The average Bonchev–Trinajstić information content (AvgIpc) is 3.32. The van der Waals surface area contributed by atoms with Gasteiger partial charge in [-0.05, 0) is 47.4 Å². The third kappa shape index (κ3) is 4.87. The van der Waals surface area contributed by atoms with E-state index in [2.05, 4.69) is 0 Å². The molecule has 3 aromatic rings. The summed E-state index contributed by atoms with van der Waals surface area (Å²) in [6.07, 6.45) is 3.06. The van der Waals surface area contributed by atoms with E-state index in [1.165, 1.54) is 30.6 Å². The van der Waals surface area contributed by atoms with Crippen molar-refractivity contribution in [2.45, 2.75) is 0 Å². The van der Waals surface area contributed by atoms with Crippen LogP contribution in [0.25, 0.3) is 6.08 Å². The van der Waals surface area contributed by atoms with Gasteiger partial charge >= 0.3 is 5.97 Å². The molecule has 0 aliphatic rings. The molecule has 30 heavy (non-hydrogen) atoms. The minimum absolute atomic E-state index is 0.134. The van der Waals surface area contributed by atoms with E-state index < -0.39 is 5.97 Å². The zero-order valence-corrected chi connectivity index (χ0v) is 17.5. The molecule has 0 spiro atoms. The van der Waals surface area contributed by atoms with Crippen molar-refractivity contribution < 1.29 is 28.5 Å². The number of methoxy groups -OCH3 is 3. The number of thiophene rings is 1. The number of allylic oxidation sites excluding steroid dienone is 1. The molecule has 0 saturated carbocycles. The topological polar surface area (TPSA) is 71.1 Å². The van der Waals surface area contributed by atoms with Gasteiger partial charge in [0.25, 0.3) is 0 Å². The molecule has 0 bridgehead atoms. The maximum atomic E-state index is 12.8. The zero-order chi connectivity index (χ0) is 21.5. The highest BCUT2D eigenvalue weighted by Crippen LogP contribution is 2.29.